The quantitative estimate of drug-likeness (QED) is 0.724. The highest BCUT2D eigenvalue weighted by Crippen LogP contribution is 2.44. The van der Waals surface area contributed by atoms with E-state index in [1.54, 1.807) is 20.8 Å². The van der Waals surface area contributed by atoms with E-state index < -0.39 is 42.2 Å². The lowest BCUT2D eigenvalue weighted by Crippen LogP contribution is -2.34. The molecule has 0 bridgehead atoms. The minimum Gasteiger partial charge on any atom is -0.462 e. The van der Waals surface area contributed by atoms with Crippen LogP contribution >= 0.6 is 0 Å². The maximum absolute atomic E-state index is 12.2. The Bertz CT molecular complexity index is 925. The first-order valence-electron chi connectivity index (χ1n) is 9.63. The molecule has 0 saturated carbocycles. The summed E-state index contributed by atoms with van der Waals surface area (Å²) in [6, 6.07) is 9.49. The third-order valence-electron chi connectivity index (χ3n) is 4.90. The molecule has 0 radical (unpaired) electrons. The second-order valence-corrected chi connectivity index (χ2v) is 8.27. The molecule has 0 aliphatic carbocycles. The second kappa shape index (κ2) is 7.78. The first kappa shape index (κ1) is 20.5. The van der Waals surface area contributed by atoms with Crippen molar-refractivity contribution in [3.63, 3.8) is 0 Å². The van der Waals surface area contributed by atoms with Gasteiger partial charge in [0.05, 0.1) is 5.41 Å². The Morgan fingerprint density at radius 2 is 1.83 bits per heavy atom. The zero-order chi connectivity index (χ0) is 21.5. The highest BCUT2D eigenvalue weighted by molar-refractivity contribution is 5.88. The Morgan fingerprint density at radius 1 is 1.13 bits per heavy atom. The molecule has 3 heterocycles. The molecule has 2 aliphatic heterocycles. The Morgan fingerprint density at radius 3 is 2.47 bits per heavy atom. The van der Waals surface area contributed by atoms with E-state index in [1.165, 1.54) is 11.0 Å². The molecule has 160 valence electrons. The fourth-order valence-corrected chi connectivity index (χ4v) is 3.33. The van der Waals surface area contributed by atoms with Crippen molar-refractivity contribution in [3.05, 3.63) is 48.0 Å². The summed E-state index contributed by atoms with van der Waals surface area (Å²) in [5.41, 5.74) is 5.46. The summed E-state index contributed by atoms with van der Waals surface area (Å²) in [6.45, 7) is 5.32. The van der Waals surface area contributed by atoms with E-state index in [0.29, 0.717) is 0 Å². The Kier molecular flexibility index (Phi) is 5.31. The van der Waals surface area contributed by atoms with Crippen LogP contribution in [0.25, 0.3) is 0 Å². The van der Waals surface area contributed by atoms with Crippen molar-refractivity contribution in [1.29, 1.82) is 0 Å². The molecular weight excluding hydrogens is 392 g/mol. The van der Waals surface area contributed by atoms with Crippen molar-refractivity contribution in [1.82, 2.24) is 14.8 Å². The first-order chi connectivity index (χ1) is 14.2. The molecule has 2 fully saturated rings. The Balaban J connectivity index is 1.55. The highest BCUT2D eigenvalue weighted by atomic mass is 16.8. The maximum atomic E-state index is 12.2. The average Bonchev–Trinajstić information content (AvgIpc) is 3.41. The van der Waals surface area contributed by atoms with E-state index in [1.807, 2.05) is 30.3 Å². The predicted molar refractivity (Wildman–Crippen MR) is 102 cm³/mol. The number of amides is 1. The number of aromatic nitrogens is 3. The number of esters is 1. The lowest BCUT2D eigenvalue weighted by molar-refractivity contribution is -0.173. The molecule has 2 aliphatic rings. The lowest BCUT2D eigenvalue weighted by Gasteiger charge is -2.22. The fourth-order valence-electron chi connectivity index (χ4n) is 3.33. The van der Waals surface area contributed by atoms with Gasteiger partial charge in [0.25, 0.3) is 5.91 Å². The van der Waals surface area contributed by atoms with Crippen LogP contribution in [0.3, 0.4) is 0 Å². The van der Waals surface area contributed by atoms with Gasteiger partial charge in [0, 0.05) is 5.56 Å². The molecule has 10 nitrogen and oxygen atoms in total. The molecule has 2 aromatic rings. The summed E-state index contributed by atoms with van der Waals surface area (Å²) in [7, 11) is 0. The molecule has 30 heavy (non-hydrogen) atoms. The third kappa shape index (κ3) is 3.93. The number of carbonyl (C=O) groups is 2. The smallest absolute Gasteiger partial charge is 0.311 e. The Hall–Kier alpha value is -2.82. The van der Waals surface area contributed by atoms with Gasteiger partial charge in [-0.3, -0.25) is 9.59 Å². The number of hydrogen-bond acceptors (Lipinski definition) is 8. The molecule has 4 rings (SSSR count). The molecule has 2 saturated heterocycles. The van der Waals surface area contributed by atoms with Gasteiger partial charge >= 0.3 is 5.97 Å². The number of hydrogen-bond donors (Lipinski definition) is 1. The fraction of sp³-hybridized carbons (Fsp3) is 0.500. The molecule has 10 heteroatoms. The van der Waals surface area contributed by atoms with Gasteiger partial charge in [0.1, 0.15) is 31.2 Å². The van der Waals surface area contributed by atoms with E-state index in [2.05, 4.69) is 10.1 Å². The van der Waals surface area contributed by atoms with Crippen molar-refractivity contribution in [3.8, 4) is 0 Å². The molecule has 1 aromatic heterocycles. The number of nitrogens with zero attached hydrogens (tertiary/aromatic N) is 3. The van der Waals surface area contributed by atoms with Gasteiger partial charge in [0.2, 0.25) is 5.82 Å². The van der Waals surface area contributed by atoms with Crippen LogP contribution in [0.2, 0.25) is 0 Å². The van der Waals surface area contributed by atoms with E-state index >= 15 is 0 Å². The van der Waals surface area contributed by atoms with Crippen LogP contribution in [0, 0.1) is 5.41 Å². The van der Waals surface area contributed by atoms with E-state index in [-0.39, 0.29) is 18.4 Å². The van der Waals surface area contributed by atoms with E-state index in [4.69, 9.17) is 24.7 Å². The van der Waals surface area contributed by atoms with Crippen molar-refractivity contribution in [2.24, 2.45) is 11.1 Å². The molecular formula is C20H24N4O6. The number of rotatable bonds is 5. The van der Waals surface area contributed by atoms with Crippen LogP contribution in [-0.2, 0) is 23.7 Å². The van der Waals surface area contributed by atoms with Crippen LogP contribution in [0.1, 0.15) is 49.5 Å². The molecule has 0 spiro atoms. The van der Waals surface area contributed by atoms with Gasteiger partial charge < -0.3 is 24.7 Å². The molecule has 5 atom stereocenters. The van der Waals surface area contributed by atoms with Crippen LogP contribution in [0.4, 0.5) is 0 Å². The summed E-state index contributed by atoms with van der Waals surface area (Å²) < 4.78 is 25.1. The summed E-state index contributed by atoms with van der Waals surface area (Å²) in [5, 5.41) is 4.08. The average molecular weight is 416 g/mol. The zero-order valence-corrected chi connectivity index (χ0v) is 16.9. The lowest BCUT2D eigenvalue weighted by atomic mass is 9.97. The van der Waals surface area contributed by atoms with Gasteiger partial charge in [-0.25, -0.2) is 9.67 Å². The van der Waals surface area contributed by atoms with Crippen molar-refractivity contribution in [2.75, 3.05) is 6.61 Å². The standard InChI is InChI=1S/C20H24N4O6/c1-20(2,3)19(26)27-9-12-13-14(30-18(29-13)11-7-5-4-6-8-11)17(28-12)24-10-22-16(23-24)15(21)25/h4-8,10,12-14,17-18H,9H2,1-3H3,(H2,21,25)/t12?,13?,14?,17-,18?/m1/s1. The maximum Gasteiger partial charge on any atom is 0.311 e. The van der Waals surface area contributed by atoms with Gasteiger partial charge in [0.15, 0.2) is 12.5 Å². The number of nitrogens with two attached hydrogens (primary N) is 1. The molecule has 1 amide bonds. The number of benzene rings is 1. The molecule has 1 aromatic carbocycles. The number of carbonyl (C=O) groups excluding carboxylic acids is 2. The summed E-state index contributed by atoms with van der Waals surface area (Å²) in [4.78, 5) is 27.5. The zero-order valence-electron chi connectivity index (χ0n) is 16.9. The minimum atomic E-state index is -0.746. The van der Waals surface area contributed by atoms with Gasteiger partial charge in [-0.05, 0) is 20.8 Å². The van der Waals surface area contributed by atoms with Crippen molar-refractivity contribution >= 4 is 11.9 Å². The van der Waals surface area contributed by atoms with Crippen LogP contribution < -0.4 is 5.73 Å². The first-order valence-corrected chi connectivity index (χ1v) is 9.63. The minimum absolute atomic E-state index is 0.00395. The number of fused-ring (bicyclic) bond motifs is 1. The van der Waals surface area contributed by atoms with Crippen LogP contribution in [-0.4, -0.2) is 51.6 Å². The summed E-state index contributed by atoms with van der Waals surface area (Å²) in [6.07, 6.45) is -1.61. The topological polar surface area (TPSA) is 128 Å². The van der Waals surface area contributed by atoms with E-state index in [0.717, 1.165) is 5.56 Å². The monoisotopic (exact) mass is 416 g/mol. The highest BCUT2D eigenvalue weighted by Gasteiger charge is 2.54. The molecule has 4 unspecified atom stereocenters. The van der Waals surface area contributed by atoms with E-state index in [9.17, 15) is 9.59 Å². The van der Waals surface area contributed by atoms with Gasteiger partial charge in [-0.1, -0.05) is 30.3 Å². The van der Waals surface area contributed by atoms with Crippen LogP contribution in [0.15, 0.2) is 36.7 Å². The SMILES string of the molecule is CC(C)(C)C(=O)OCC1O[C@@H](n2cnc(C(N)=O)n2)C2OC(c3ccccc3)OC12. The third-order valence-corrected chi connectivity index (χ3v) is 4.90. The largest absolute Gasteiger partial charge is 0.462 e. The number of ether oxygens (including phenoxy) is 4. The summed E-state index contributed by atoms with van der Waals surface area (Å²) in [5.74, 6) is -1.22. The molecule has 2 N–H and O–H groups in total. The van der Waals surface area contributed by atoms with Gasteiger partial charge in [-0.2, -0.15) is 0 Å². The predicted octanol–water partition coefficient (Wildman–Crippen LogP) is 1.35. The second-order valence-electron chi connectivity index (χ2n) is 8.27. The van der Waals surface area contributed by atoms with Crippen molar-refractivity contribution < 1.29 is 28.5 Å². The van der Waals surface area contributed by atoms with Crippen LogP contribution in [0.5, 0.6) is 0 Å². The Labute approximate surface area is 173 Å². The van der Waals surface area contributed by atoms with Gasteiger partial charge in [-0.15, -0.1) is 5.10 Å². The number of primary amides is 1. The van der Waals surface area contributed by atoms with Crippen molar-refractivity contribution in [2.45, 2.75) is 51.6 Å². The summed E-state index contributed by atoms with van der Waals surface area (Å²) >= 11 is 0. The normalized spacial score (nSPS) is 28.3.